The number of benzene rings is 2. The van der Waals surface area contributed by atoms with Crippen LogP contribution in [0.4, 0.5) is 0 Å². The Morgan fingerprint density at radius 1 is 0.958 bits per heavy atom. The van der Waals surface area contributed by atoms with Gasteiger partial charge in [-0.05, 0) is 24.3 Å². The van der Waals surface area contributed by atoms with Crippen LogP contribution >= 0.6 is 15.9 Å². The number of para-hydroxylation sites is 2. The molecule has 0 bridgehead atoms. The highest BCUT2D eigenvalue weighted by atomic mass is 79.9. The molecule has 5 nitrogen and oxygen atoms in total. The first-order valence-electron chi connectivity index (χ1n) is 7.64. The molecule has 0 aliphatic carbocycles. The summed E-state index contributed by atoms with van der Waals surface area (Å²) in [7, 11) is 1.69. The SMILES string of the molecule is COCCn1c(-c2ccc(Br)cc2)nc2nc3ccccc3nc21. The van der Waals surface area contributed by atoms with E-state index in [0.29, 0.717) is 18.8 Å². The third-order valence-electron chi connectivity index (χ3n) is 3.88. The molecule has 0 atom stereocenters. The minimum Gasteiger partial charge on any atom is -0.383 e. The maximum absolute atomic E-state index is 5.26. The average Bonchev–Trinajstić information content (AvgIpc) is 2.96. The summed E-state index contributed by atoms with van der Waals surface area (Å²) < 4.78 is 8.36. The van der Waals surface area contributed by atoms with Gasteiger partial charge in [0.05, 0.1) is 17.6 Å². The Labute approximate surface area is 147 Å². The molecule has 0 aliphatic heterocycles. The molecule has 4 rings (SSSR count). The largest absolute Gasteiger partial charge is 0.383 e. The molecule has 0 unspecified atom stereocenters. The molecule has 2 aromatic carbocycles. The maximum Gasteiger partial charge on any atom is 0.198 e. The lowest BCUT2D eigenvalue weighted by molar-refractivity contribution is 0.188. The van der Waals surface area contributed by atoms with E-state index < -0.39 is 0 Å². The molecule has 0 radical (unpaired) electrons. The van der Waals surface area contributed by atoms with Crippen molar-refractivity contribution in [1.29, 1.82) is 0 Å². The molecule has 2 heterocycles. The van der Waals surface area contributed by atoms with E-state index in [4.69, 9.17) is 14.7 Å². The lowest BCUT2D eigenvalue weighted by Gasteiger charge is -2.08. The Hall–Kier alpha value is -2.31. The molecular weight excluding hydrogens is 368 g/mol. The second-order valence-corrected chi connectivity index (χ2v) is 6.36. The average molecular weight is 383 g/mol. The Balaban J connectivity index is 1.96. The zero-order valence-electron chi connectivity index (χ0n) is 13.1. The minimum atomic E-state index is 0.587. The van der Waals surface area contributed by atoms with Crippen LogP contribution < -0.4 is 0 Å². The standard InChI is InChI=1S/C18H15BrN4O/c1-24-11-10-23-17(12-6-8-13(19)9-7-12)22-16-18(23)21-15-5-3-2-4-14(15)20-16/h2-9H,10-11H2,1H3. The molecule has 0 fully saturated rings. The number of ether oxygens (including phenoxy) is 1. The van der Waals surface area contributed by atoms with E-state index in [0.717, 1.165) is 32.5 Å². The van der Waals surface area contributed by atoms with Crippen molar-refractivity contribution < 1.29 is 4.74 Å². The molecule has 4 aromatic rings. The fourth-order valence-corrected chi connectivity index (χ4v) is 2.98. The number of rotatable bonds is 4. The quantitative estimate of drug-likeness (QED) is 0.534. The highest BCUT2D eigenvalue weighted by Crippen LogP contribution is 2.25. The van der Waals surface area contributed by atoms with Crippen LogP contribution in [0.2, 0.25) is 0 Å². The molecular formula is C18H15BrN4O. The minimum absolute atomic E-state index is 0.587. The summed E-state index contributed by atoms with van der Waals surface area (Å²) in [6.45, 7) is 1.26. The van der Waals surface area contributed by atoms with Gasteiger partial charge in [-0.2, -0.15) is 0 Å². The topological polar surface area (TPSA) is 52.8 Å². The molecule has 24 heavy (non-hydrogen) atoms. The first kappa shape index (κ1) is 15.2. The smallest absolute Gasteiger partial charge is 0.198 e. The maximum atomic E-state index is 5.26. The Morgan fingerprint density at radius 3 is 2.38 bits per heavy atom. The molecule has 0 saturated heterocycles. The summed E-state index contributed by atoms with van der Waals surface area (Å²) in [5.74, 6) is 0.852. The summed E-state index contributed by atoms with van der Waals surface area (Å²) in [6.07, 6.45) is 0. The van der Waals surface area contributed by atoms with Crippen LogP contribution in [0.25, 0.3) is 33.7 Å². The Morgan fingerprint density at radius 2 is 1.67 bits per heavy atom. The van der Waals surface area contributed by atoms with E-state index in [1.54, 1.807) is 7.11 Å². The van der Waals surface area contributed by atoms with Gasteiger partial charge in [-0.1, -0.05) is 40.2 Å². The van der Waals surface area contributed by atoms with Gasteiger partial charge in [0.25, 0.3) is 0 Å². The molecule has 0 saturated carbocycles. The van der Waals surface area contributed by atoms with E-state index in [9.17, 15) is 0 Å². The van der Waals surface area contributed by atoms with E-state index >= 15 is 0 Å². The van der Waals surface area contributed by atoms with Crippen molar-refractivity contribution in [1.82, 2.24) is 19.5 Å². The second-order valence-electron chi connectivity index (χ2n) is 5.45. The van der Waals surface area contributed by atoms with Gasteiger partial charge in [0.2, 0.25) is 0 Å². The third-order valence-corrected chi connectivity index (χ3v) is 4.41. The summed E-state index contributed by atoms with van der Waals surface area (Å²) in [5, 5.41) is 0. The van der Waals surface area contributed by atoms with Gasteiger partial charge >= 0.3 is 0 Å². The van der Waals surface area contributed by atoms with Crippen molar-refractivity contribution in [3.8, 4) is 11.4 Å². The Kier molecular flexibility index (Phi) is 4.00. The molecule has 0 aliphatic rings. The number of nitrogens with zero attached hydrogens (tertiary/aromatic N) is 4. The number of methoxy groups -OCH3 is 1. The number of aromatic nitrogens is 4. The van der Waals surface area contributed by atoms with Crippen LogP contribution in [-0.2, 0) is 11.3 Å². The van der Waals surface area contributed by atoms with Gasteiger partial charge in [0.1, 0.15) is 5.82 Å². The predicted molar refractivity (Wildman–Crippen MR) is 97.8 cm³/mol. The van der Waals surface area contributed by atoms with Crippen LogP contribution in [0.15, 0.2) is 53.0 Å². The molecule has 0 N–H and O–H groups in total. The lowest BCUT2D eigenvalue weighted by Crippen LogP contribution is -2.07. The summed E-state index contributed by atoms with van der Waals surface area (Å²) in [6, 6.07) is 15.9. The van der Waals surface area contributed by atoms with Crippen LogP contribution in [0.5, 0.6) is 0 Å². The van der Waals surface area contributed by atoms with Crippen molar-refractivity contribution in [3.05, 3.63) is 53.0 Å². The first-order valence-corrected chi connectivity index (χ1v) is 8.43. The normalized spacial score (nSPS) is 11.4. The zero-order valence-corrected chi connectivity index (χ0v) is 14.7. The number of fused-ring (bicyclic) bond motifs is 2. The highest BCUT2D eigenvalue weighted by Gasteiger charge is 2.15. The predicted octanol–water partition coefficient (Wildman–Crippen LogP) is 4.06. The van der Waals surface area contributed by atoms with Crippen molar-refractivity contribution in [2.75, 3.05) is 13.7 Å². The molecule has 0 amide bonds. The number of hydrogen-bond acceptors (Lipinski definition) is 4. The van der Waals surface area contributed by atoms with E-state index in [1.807, 2.05) is 48.5 Å². The van der Waals surface area contributed by atoms with Crippen molar-refractivity contribution in [2.45, 2.75) is 6.54 Å². The first-order chi connectivity index (χ1) is 11.8. The van der Waals surface area contributed by atoms with Gasteiger partial charge in [-0.3, -0.25) is 0 Å². The van der Waals surface area contributed by atoms with Crippen LogP contribution in [0.3, 0.4) is 0 Å². The van der Waals surface area contributed by atoms with Gasteiger partial charge in [-0.15, -0.1) is 0 Å². The van der Waals surface area contributed by atoms with Crippen molar-refractivity contribution in [2.24, 2.45) is 0 Å². The zero-order chi connectivity index (χ0) is 16.5. The molecule has 0 spiro atoms. The Bertz CT molecular complexity index is 1010. The molecule has 2 aromatic heterocycles. The van der Waals surface area contributed by atoms with E-state index in [2.05, 4.69) is 25.5 Å². The van der Waals surface area contributed by atoms with Gasteiger partial charge in [-0.25, -0.2) is 15.0 Å². The van der Waals surface area contributed by atoms with Crippen LogP contribution in [-0.4, -0.2) is 33.2 Å². The van der Waals surface area contributed by atoms with Crippen LogP contribution in [0, 0.1) is 0 Å². The lowest BCUT2D eigenvalue weighted by atomic mass is 10.2. The van der Waals surface area contributed by atoms with E-state index in [-0.39, 0.29) is 0 Å². The molecule has 6 heteroatoms. The summed E-state index contributed by atoms with van der Waals surface area (Å²) in [4.78, 5) is 14.2. The third kappa shape index (κ3) is 2.68. The highest BCUT2D eigenvalue weighted by molar-refractivity contribution is 9.10. The second kappa shape index (κ2) is 6.30. The van der Waals surface area contributed by atoms with E-state index in [1.165, 1.54) is 0 Å². The summed E-state index contributed by atoms with van der Waals surface area (Å²) in [5.41, 5.74) is 4.18. The van der Waals surface area contributed by atoms with Gasteiger partial charge in [0.15, 0.2) is 11.3 Å². The fourth-order valence-electron chi connectivity index (χ4n) is 2.71. The monoisotopic (exact) mass is 382 g/mol. The van der Waals surface area contributed by atoms with Crippen molar-refractivity contribution in [3.63, 3.8) is 0 Å². The molecule has 120 valence electrons. The van der Waals surface area contributed by atoms with Gasteiger partial charge < -0.3 is 9.30 Å². The summed E-state index contributed by atoms with van der Waals surface area (Å²) >= 11 is 3.47. The number of imidazole rings is 1. The number of halogens is 1. The fraction of sp³-hybridized carbons (Fsp3) is 0.167. The van der Waals surface area contributed by atoms with Crippen molar-refractivity contribution >= 4 is 38.3 Å². The van der Waals surface area contributed by atoms with Gasteiger partial charge in [0, 0.05) is 23.7 Å². The number of hydrogen-bond donors (Lipinski definition) is 0. The van der Waals surface area contributed by atoms with Crippen LogP contribution in [0.1, 0.15) is 0 Å².